The molecule has 4 N–H and O–H groups in total. The summed E-state index contributed by atoms with van der Waals surface area (Å²) in [5.74, 6) is -0.474. The molecule has 0 amide bonds. The van der Waals surface area contributed by atoms with E-state index in [9.17, 15) is 4.79 Å². The topological polar surface area (TPSA) is 92.2 Å². The van der Waals surface area contributed by atoms with Crippen molar-refractivity contribution in [1.82, 2.24) is 4.98 Å². The second kappa shape index (κ2) is 3.88. The molecule has 0 spiro atoms. The van der Waals surface area contributed by atoms with Gasteiger partial charge in [-0.3, -0.25) is 4.98 Å². The number of rotatable bonds is 3. The van der Waals surface area contributed by atoms with E-state index in [-0.39, 0.29) is 12.6 Å². The van der Waals surface area contributed by atoms with Gasteiger partial charge in [-0.2, -0.15) is 0 Å². The zero-order valence-electron chi connectivity index (χ0n) is 8.06. The fourth-order valence-corrected chi connectivity index (χ4v) is 1.51. The lowest BCUT2D eigenvalue weighted by molar-refractivity contribution is 0.276. The molecule has 1 aromatic carbocycles. The third kappa shape index (κ3) is 1.93. The summed E-state index contributed by atoms with van der Waals surface area (Å²) in [5, 5.41) is 8.76. The summed E-state index contributed by atoms with van der Waals surface area (Å²) in [6.07, 6.45) is 0.494. The van der Waals surface area contributed by atoms with Crippen LogP contribution >= 0.6 is 0 Å². The normalized spacial score (nSPS) is 13.2. The van der Waals surface area contributed by atoms with Crippen LogP contribution in [0.1, 0.15) is 18.0 Å². The van der Waals surface area contributed by atoms with Gasteiger partial charge in [-0.25, -0.2) is 4.79 Å². The van der Waals surface area contributed by atoms with Crippen molar-refractivity contribution in [2.75, 3.05) is 6.61 Å². The van der Waals surface area contributed by atoms with Gasteiger partial charge in [0.2, 0.25) is 0 Å². The largest absolute Gasteiger partial charge is 0.417 e. The maximum absolute atomic E-state index is 10.9. The maximum Gasteiger partial charge on any atom is 0.417 e. The molecule has 0 aliphatic heterocycles. The van der Waals surface area contributed by atoms with Gasteiger partial charge in [-0.1, -0.05) is 6.07 Å². The molecular formula is C10H12N2O3. The van der Waals surface area contributed by atoms with E-state index in [0.717, 1.165) is 5.56 Å². The minimum absolute atomic E-state index is 0.0428. The molecule has 5 nitrogen and oxygen atoms in total. The number of aliphatic hydroxyl groups is 1. The Labute approximate surface area is 85.5 Å². The Kier molecular flexibility index (Phi) is 2.57. The summed E-state index contributed by atoms with van der Waals surface area (Å²) in [6.45, 7) is 0.0428. The number of H-pyrrole nitrogens is 1. The van der Waals surface area contributed by atoms with E-state index >= 15 is 0 Å². The van der Waals surface area contributed by atoms with E-state index in [0.29, 0.717) is 17.5 Å². The van der Waals surface area contributed by atoms with Crippen LogP contribution in [0.5, 0.6) is 0 Å². The van der Waals surface area contributed by atoms with Crippen molar-refractivity contribution in [2.45, 2.75) is 12.5 Å². The Morgan fingerprint density at radius 2 is 2.33 bits per heavy atom. The van der Waals surface area contributed by atoms with E-state index in [2.05, 4.69) is 4.98 Å². The van der Waals surface area contributed by atoms with Crippen molar-refractivity contribution in [1.29, 1.82) is 0 Å². The number of aliphatic hydroxyl groups excluding tert-OH is 1. The molecule has 80 valence electrons. The van der Waals surface area contributed by atoms with Gasteiger partial charge in [-0.05, 0) is 24.1 Å². The summed E-state index contributed by atoms with van der Waals surface area (Å²) in [4.78, 5) is 13.5. The van der Waals surface area contributed by atoms with E-state index in [1.807, 2.05) is 0 Å². The number of aromatic nitrogens is 1. The van der Waals surface area contributed by atoms with Crippen LogP contribution in [0.3, 0.4) is 0 Å². The minimum Gasteiger partial charge on any atom is -0.408 e. The van der Waals surface area contributed by atoms with E-state index < -0.39 is 5.76 Å². The highest BCUT2D eigenvalue weighted by molar-refractivity contribution is 5.72. The van der Waals surface area contributed by atoms with Crippen LogP contribution in [0.15, 0.2) is 27.4 Å². The highest BCUT2D eigenvalue weighted by Gasteiger charge is 2.07. The maximum atomic E-state index is 10.9. The first-order valence-electron chi connectivity index (χ1n) is 4.70. The summed E-state index contributed by atoms with van der Waals surface area (Å²) >= 11 is 0. The predicted octanol–water partition coefficient (Wildman–Crippen LogP) is 0.503. The molecule has 2 aromatic rings. The fourth-order valence-electron chi connectivity index (χ4n) is 1.51. The molecular weight excluding hydrogens is 196 g/mol. The summed E-state index contributed by atoms with van der Waals surface area (Å²) in [5.41, 5.74) is 7.83. The molecule has 5 heteroatoms. The zero-order chi connectivity index (χ0) is 10.8. The van der Waals surface area contributed by atoms with Gasteiger partial charge in [0.1, 0.15) is 0 Å². The average Bonchev–Trinajstić information content (AvgIpc) is 2.57. The molecule has 0 radical (unpaired) electrons. The Balaban J connectivity index is 2.41. The van der Waals surface area contributed by atoms with Crippen LogP contribution in [0, 0.1) is 0 Å². The number of oxazole rings is 1. The first-order chi connectivity index (χ1) is 7.20. The average molecular weight is 208 g/mol. The van der Waals surface area contributed by atoms with Gasteiger partial charge in [0.15, 0.2) is 5.58 Å². The molecule has 0 saturated carbocycles. The van der Waals surface area contributed by atoms with Crippen LogP contribution in [0.4, 0.5) is 0 Å². The number of benzene rings is 1. The first-order valence-corrected chi connectivity index (χ1v) is 4.70. The smallest absolute Gasteiger partial charge is 0.408 e. The van der Waals surface area contributed by atoms with Gasteiger partial charge >= 0.3 is 5.76 Å². The molecule has 1 unspecified atom stereocenters. The van der Waals surface area contributed by atoms with Crippen LogP contribution in [-0.4, -0.2) is 16.7 Å². The molecule has 1 aromatic heterocycles. The molecule has 0 saturated heterocycles. The summed E-state index contributed by atoms with van der Waals surface area (Å²) in [7, 11) is 0. The Bertz CT molecular complexity index is 515. The van der Waals surface area contributed by atoms with E-state index in [1.165, 1.54) is 0 Å². The van der Waals surface area contributed by atoms with Gasteiger partial charge in [-0.15, -0.1) is 0 Å². The van der Waals surface area contributed by atoms with Crippen molar-refractivity contribution in [3.8, 4) is 0 Å². The molecule has 1 heterocycles. The van der Waals surface area contributed by atoms with E-state index in [4.69, 9.17) is 15.3 Å². The number of aromatic amines is 1. The zero-order valence-corrected chi connectivity index (χ0v) is 8.06. The van der Waals surface area contributed by atoms with E-state index in [1.54, 1.807) is 18.2 Å². The van der Waals surface area contributed by atoms with Crippen LogP contribution in [0.2, 0.25) is 0 Å². The quantitative estimate of drug-likeness (QED) is 0.685. The standard InChI is InChI=1S/C10H12N2O3/c11-7(3-4-13)6-1-2-9-8(5-6)12-10(14)15-9/h1-2,5,7,13H,3-4,11H2,(H,12,14). The molecule has 0 aliphatic carbocycles. The lowest BCUT2D eigenvalue weighted by Crippen LogP contribution is -2.11. The predicted molar refractivity (Wildman–Crippen MR) is 55.5 cm³/mol. The van der Waals surface area contributed by atoms with Gasteiger partial charge < -0.3 is 15.3 Å². The second-order valence-electron chi connectivity index (χ2n) is 3.39. The Morgan fingerprint density at radius 1 is 1.53 bits per heavy atom. The molecule has 1 atom stereocenters. The van der Waals surface area contributed by atoms with Gasteiger partial charge in [0.25, 0.3) is 0 Å². The minimum atomic E-state index is -0.474. The molecule has 0 bridgehead atoms. The molecule has 15 heavy (non-hydrogen) atoms. The fraction of sp³-hybridized carbons (Fsp3) is 0.300. The first kappa shape index (κ1) is 9.95. The summed E-state index contributed by atoms with van der Waals surface area (Å²) < 4.78 is 4.86. The lowest BCUT2D eigenvalue weighted by Gasteiger charge is -2.09. The number of hydrogen-bond donors (Lipinski definition) is 3. The Morgan fingerprint density at radius 3 is 3.07 bits per heavy atom. The molecule has 0 aliphatic rings. The van der Waals surface area contributed by atoms with Crippen molar-refractivity contribution in [2.24, 2.45) is 5.73 Å². The third-order valence-electron chi connectivity index (χ3n) is 2.31. The second-order valence-corrected chi connectivity index (χ2v) is 3.39. The van der Waals surface area contributed by atoms with Crippen molar-refractivity contribution in [3.05, 3.63) is 34.3 Å². The van der Waals surface area contributed by atoms with Crippen molar-refractivity contribution < 1.29 is 9.52 Å². The Hall–Kier alpha value is -1.59. The lowest BCUT2D eigenvalue weighted by atomic mass is 10.0. The number of hydrogen-bond acceptors (Lipinski definition) is 4. The molecule has 2 rings (SSSR count). The van der Waals surface area contributed by atoms with Crippen molar-refractivity contribution in [3.63, 3.8) is 0 Å². The van der Waals surface area contributed by atoms with Crippen LogP contribution in [0.25, 0.3) is 11.1 Å². The van der Waals surface area contributed by atoms with Crippen LogP contribution in [-0.2, 0) is 0 Å². The van der Waals surface area contributed by atoms with Gasteiger partial charge in [0.05, 0.1) is 5.52 Å². The molecule has 0 fully saturated rings. The van der Waals surface area contributed by atoms with Gasteiger partial charge in [0, 0.05) is 12.6 Å². The highest BCUT2D eigenvalue weighted by atomic mass is 16.4. The van der Waals surface area contributed by atoms with Crippen LogP contribution < -0.4 is 11.5 Å². The third-order valence-corrected chi connectivity index (χ3v) is 2.31. The number of fused-ring (bicyclic) bond motifs is 1. The SMILES string of the molecule is NC(CCO)c1ccc2oc(=O)[nH]c2c1. The highest BCUT2D eigenvalue weighted by Crippen LogP contribution is 2.18. The monoisotopic (exact) mass is 208 g/mol. The number of nitrogens with two attached hydrogens (primary N) is 1. The van der Waals surface area contributed by atoms with Crippen molar-refractivity contribution >= 4 is 11.1 Å². The summed E-state index contributed by atoms with van der Waals surface area (Å²) in [6, 6.07) is 5.03. The number of nitrogens with one attached hydrogen (secondary N) is 1.